The minimum absolute atomic E-state index is 0.0257. The standard InChI is InChI=1S/C15H23N3O2/c1-3-8-17-14(19)10-18-9-11(4-2)20-13-7-5-6-12(16)15(13)18/h5-7,11H,3-4,8-10,16H2,1-2H3,(H,17,19). The summed E-state index contributed by atoms with van der Waals surface area (Å²) in [5, 5.41) is 2.90. The van der Waals surface area contributed by atoms with E-state index in [-0.39, 0.29) is 12.0 Å². The largest absolute Gasteiger partial charge is 0.486 e. The fourth-order valence-electron chi connectivity index (χ4n) is 2.38. The first kappa shape index (κ1) is 14.5. The van der Waals surface area contributed by atoms with Gasteiger partial charge in [0.15, 0.2) is 0 Å². The predicted molar refractivity (Wildman–Crippen MR) is 81.1 cm³/mol. The maximum atomic E-state index is 12.0. The molecule has 0 aliphatic carbocycles. The van der Waals surface area contributed by atoms with Gasteiger partial charge in [-0.15, -0.1) is 0 Å². The lowest BCUT2D eigenvalue weighted by Gasteiger charge is -2.36. The number of para-hydroxylation sites is 1. The van der Waals surface area contributed by atoms with Crippen LogP contribution < -0.4 is 20.7 Å². The molecule has 1 aromatic carbocycles. The SMILES string of the molecule is CCCNC(=O)CN1CC(CC)Oc2cccc(N)c21. The number of nitrogens with one attached hydrogen (secondary N) is 1. The Labute approximate surface area is 120 Å². The Balaban J connectivity index is 2.17. The molecule has 1 aliphatic rings. The number of nitrogen functional groups attached to an aromatic ring is 1. The van der Waals surface area contributed by atoms with Gasteiger partial charge in [0.2, 0.25) is 5.91 Å². The van der Waals surface area contributed by atoms with E-state index in [1.807, 2.05) is 30.0 Å². The van der Waals surface area contributed by atoms with Crippen molar-refractivity contribution in [3.8, 4) is 5.75 Å². The molecule has 3 N–H and O–H groups in total. The third kappa shape index (κ3) is 3.15. The lowest BCUT2D eigenvalue weighted by atomic mass is 10.1. The van der Waals surface area contributed by atoms with Crippen LogP contribution in [0.1, 0.15) is 26.7 Å². The van der Waals surface area contributed by atoms with Gasteiger partial charge in [-0.25, -0.2) is 0 Å². The van der Waals surface area contributed by atoms with Gasteiger partial charge in [-0.1, -0.05) is 19.9 Å². The van der Waals surface area contributed by atoms with Crippen LogP contribution in [-0.4, -0.2) is 31.6 Å². The van der Waals surface area contributed by atoms with Crippen molar-refractivity contribution in [2.75, 3.05) is 30.3 Å². The number of nitrogens with two attached hydrogens (primary N) is 1. The van der Waals surface area contributed by atoms with E-state index in [0.717, 1.165) is 24.3 Å². The van der Waals surface area contributed by atoms with E-state index in [1.165, 1.54) is 0 Å². The van der Waals surface area contributed by atoms with Crippen LogP contribution in [-0.2, 0) is 4.79 Å². The number of hydrogen-bond donors (Lipinski definition) is 2. The summed E-state index contributed by atoms with van der Waals surface area (Å²) in [5.41, 5.74) is 7.53. The monoisotopic (exact) mass is 277 g/mol. The van der Waals surface area contributed by atoms with Crippen molar-refractivity contribution in [1.29, 1.82) is 0 Å². The van der Waals surface area contributed by atoms with Crippen molar-refractivity contribution < 1.29 is 9.53 Å². The topological polar surface area (TPSA) is 67.6 Å². The molecule has 20 heavy (non-hydrogen) atoms. The molecular weight excluding hydrogens is 254 g/mol. The summed E-state index contributed by atoms with van der Waals surface area (Å²) < 4.78 is 5.90. The van der Waals surface area contributed by atoms with Crippen molar-refractivity contribution >= 4 is 17.3 Å². The molecule has 2 rings (SSSR count). The van der Waals surface area contributed by atoms with Crippen molar-refractivity contribution in [1.82, 2.24) is 5.32 Å². The second-order valence-corrected chi connectivity index (χ2v) is 5.07. The first-order chi connectivity index (χ1) is 9.65. The predicted octanol–water partition coefficient (Wildman–Crippen LogP) is 1.77. The zero-order valence-corrected chi connectivity index (χ0v) is 12.2. The molecular formula is C15H23N3O2. The molecule has 0 fully saturated rings. The molecule has 0 saturated heterocycles. The maximum absolute atomic E-state index is 12.0. The summed E-state index contributed by atoms with van der Waals surface area (Å²) in [4.78, 5) is 14.0. The summed E-state index contributed by atoms with van der Waals surface area (Å²) in [6.07, 6.45) is 1.94. The van der Waals surface area contributed by atoms with E-state index in [1.54, 1.807) is 0 Å². The molecule has 0 aromatic heterocycles. The number of ether oxygens (including phenoxy) is 1. The number of amides is 1. The van der Waals surface area contributed by atoms with Crippen molar-refractivity contribution in [3.63, 3.8) is 0 Å². The Hall–Kier alpha value is -1.91. The average Bonchev–Trinajstić information content (AvgIpc) is 2.44. The second-order valence-electron chi connectivity index (χ2n) is 5.07. The maximum Gasteiger partial charge on any atom is 0.239 e. The molecule has 1 atom stereocenters. The van der Waals surface area contributed by atoms with Gasteiger partial charge in [0.25, 0.3) is 0 Å². The highest BCUT2D eigenvalue weighted by Gasteiger charge is 2.27. The van der Waals surface area contributed by atoms with Crippen LogP contribution in [0.25, 0.3) is 0 Å². The van der Waals surface area contributed by atoms with Gasteiger partial charge < -0.3 is 20.7 Å². The Morgan fingerprint density at radius 3 is 3.00 bits per heavy atom. The molecule has 0 radical (unpaired) electrons. The number of rotatable bonds is 5. The number of anilines is 2. The lowest BCUT2D eigenvalue weighted by Crippen LogP contribution is -2.45. The summed E-state index contributed by atoms with van der Waals surface area (Å²) in [6.45, 7) is 5.84. The Kier molecular flexibility index (Phi) is 4.71. The third-order valence-electron chi connectivity index (χ3n) is 3.43. The van der Waals surface area contributed by atoms with Crippen LogP contribution in [0.15, 0.2) is 18.2 Å². The van der Waals surface area contributed by atoms with E-state index >= 15 is 0 Å². The number of fused-ring (bicyclic) bond motifs is 1. The highest BCUT2D eigenvalue weighted by molar-refractivity contribution is 5.85. The average molecular weight is 277 g/mol. The molecule has 0 saturated carbocycles. The first-order valence-corrected chi connectivity index (χ1v) is 7.22. The fraction of sp³-hybridized carbons (Fsp3) is 0.533. The Morgan fingerprint density at radius 2 is 2.30 bits per heavy atom. The normalized spacial score (nSPS) is 17.3. The molecule has 5 nitrogen and oxygen atoms in total. The summed E-state index contributed by atoms with van der Waals surface area (Å²) in [5.74, 6) is 0.796. The van der Waals surface area contributed by atoms with Crippen molar-refractivity contribution in [3.05, 3.63) is 18.2 Å². The zero-order valence-electron chi connectivity index (χ0n) is 12.2. The van der Waals surface area contributed by atoms with Gasteiger partial charge in [-0.3, -0.25) is 4.79 Å². The number of nitrogens with zero attached hydrogens (tertiary/aromatic N) is 1. The number of hydrogen-bond acceptors (Lipinski definition) is 4. The molecule has 110 valence electrons. The van der Waals surface area contributed by atoms with E-state index in [9.17, 15) is 4.79 Å². The highest BCUT2D eigenvalue weighted by Crippen LogP contribution is 2.38. The number of carbonyl (C=O) groups excluding carboxylic acids is 1. The molecule has 0 spiro atoms. The van der Waals surface area contributed by atoms with Gasteiger partial charge in [0.05, 0.1) is 18.8 Å². The minimum atomic E-state index is 0.0257. The van der Waals surface area contributed by atoms with E-state index in [0.29, 0.717) is 25.3 Å². The first-order valence-electron chi connectivity index (χ1n) is 7.22. The summed E-state index contributed by atoms with van der Waals surface area (Å²) >= 11 is 0. The lowest BCUT2D eigenvalue weighted by molar-refractivity contribution is -0.119. The number of carbonyl (C=O) groups is 1. The summed E-state index contributed by atoms with van der Waals surface area (Å²) in [6, 6.07) is 5.62. The molecule has 1 amide bonds. The smallest absolute Gasteiger partial charge is 0.239 e. The second kappa shape index (κ2) is 6.50. The molecule has 1 aliphatic heterocycles. The van der Waals surface area contributed by atoms with Gasteiger partial charge in [0.1, 0.15) is 17.5 Å². The molecule has 1 heterocycles. The van der Waals surface area contributed by atoms with Crippen LogP contribution in [0.3, 0.4) is 0 Å². The van der Waals surface area contributed by atoms with Crippen molar-refractivity contribution in [2.45, 2.75) is 32.8 Å². The number of benzene rings is 1. The van der Waals surface area contributed by atoms with E-state index < -0.39 is 0 Å². The Morgan fingerprint density at radius 1 is 1.50 bits per heavy atom. The van der Waals surface area contributed by atoms with Gasteiger partial charge in [-0.2, -0.15) is 0 Å². The van der Waals surface area contributed by atoms with E-state index in [2.05, 4.69) is 12.2 Å². The van der Waals surface area contributed by atoms with Crippen LogP contribution in [0.4, 0.5) is 11.4 Å². The Bertz CT molecular complexity index is 476. The molecule has 1 unspecified atom stereocenters. The molecule has 0 bridgehead atoms. The molecule has 1 aromatic rings. The van der Waals surface area contributed by atoms with Crippen LogP contribution in [0, 0.1) is 0 Å². The van der Waals surface area contributed by atoms with Crippen LogP contribution in [0.5, 0.6) is 5.75 Å². The van der Waals surface area contributed by atoms with Gasteiger partial charge in [-0.05, 0) is 25.0 Å². The van der Waals surface area contributed by atoms with Crippen LogP contribution in [0.2, 0.25) is 0 Å². The van der Waals surface area contributed by atoms with E-state index in [4.69, 9.17) is 10.5 Å². The highest BCUT2D eigenvalue weighted by atomic mass is 16.5. The zero-order chi connectivity index (χ0) is 14.5. The van der Waals surface area contributed by atoms with Crippen LogP contribution >= 0.6 is 0 Å². The minimum Gasteiger partial charge on any atom is -0.486 e. The third-order valence-corrected chi connectivity index (χ3v) is 3.43. The summed E-state index contributed by atoms with van der Waals surface area (Å²) in [7, 11) is 0. The molecule has 5 heteroatoms. The van der Waals surface area contributed by atoms with Gasteiger partial charge in [0, 0.05) is 6.54 Å². The van der Waals surface area contributed by atoms with Gasteiger partial charge >= 0.3 is 0 Å². The quantitative estimate of drug-likeness (QED) is 0.805. The fourth-order valence-corrected chi connectivity index (χ4v) is 2.38. The van der Waals surface area contributed by atoms with Crippen molar-refractivity contribution in [2.24, 2.45) is 0 Å².